The molecule has 0 atom stereocenters. The number of rotatable bonds is 8. The molecule has 102 valence electrons. The van der Waals surface area contributed by atoms with E-state index in [4.69, 9.17) is 0 Å². The second-order valence-corrected chi connectivity index (χ2v) is 6.56. The average molecular weight is 293 g/mol. The van der Waals surface area contributed by atoms with Gasteiger partial charge >= 0.3 is 5.00 Å². The van der Waals surface area contributed by atoms with Crippen molar-refractivity contribution in [1.82, 2.24) is 10.0 Å². The minimum atomic E-state index is -3.21. The molecule has 1 aromatic heterocycles. The fourth-order valence-electron chi connectivity index (χ4n) is 1.27. The standard InChI is InChI=1S/C9H15N3O4S2/c1-2-11-18(15,16)6-5-10-7-8-3-4-9(17-8)12(13)14/h3-4,10-11H,2,5-7H2,1H3. The molecule has 1 aromatic rings. The molecule has 0 aliphatic rings. The summed E-state index contributed by atoms with van der Waals surface area (Å²) in [7, 11) is -3.21. The molecule has 0 fully saturated rings. The van der Waals surface area contributed by atoms with Crippen LogP contribution in [-0.2, 0) is 16.6 Å². The molecule has 0 saturated heterocycles. The molecule has 0 amide bonds. The lowest BCUT2D eigenvalue weighted by Gasteiger charge is -2.04. The minimum Gasteiger partial charge on any atom is -0.311 e. The Balaban J connectivity index is 2.31. The topological polar surface area (TPSA) is 101 Å². The summed E-state index contributed by atoms with van der Waals surface area (Å²) in [4.78, 5) is 10.8. The summed E-state index contributed by atoms with van der Waals surface area (Å²) < 4.78 is 25.0. The van der Waals surface area contributed by atoms with E-state index in [2.05, 4.69) is 10.0 Å². The van der Waals surface area contributed by atoms with Gasteiger partial charge in [-0.05, 0) is 6.07 Å². The van der Waals surface area contributed by atoms with Crippen LogP contribution in [0.15, 0.2) is 12.1 Å². The van der Waals surface area contributed by atoms with Crippen LogP contribution in [0, 0.1) is 10.1 Å². The van der Waals surface area contributed by atoms with Gasteiger partial charge in [0, 0.05) is 30.6 Å². The third-order valence-corrected chi connectivity index (χ3v) is 4.55. The van der Waals surface area contributed by atoms with Gasteiger partial charge in [0.25, 0.3) is 0 Å². The molecule has 0 unspecified atom stereocenters. The molecule has 1 rings (SSSR count). The zero-order chi connectivity index (χ0) is 13.6. The number of hydrogen-bond donors (Lipinski definition) is 2. The van der Waals surface area contributed by atoms with E-state index >= 15 is 0 Å². The maximum Gasteiger partial charge on any atom is 0.324 e. The van der Waals surface area contributed by atoms with Gasteiger partial charge in [0.1, 0.15) is 0 Å². The van der Waals surface area contributed by atoms with Crippen molar-refractivity contribution in [1.29, 1.82) is 0 Å². The van der Waals surface area contributed by atoms with Crippen LogP contribution in [0.25, 0.3) is 0 Å². The van der Waals surface area contributed by atoms with Crippen LogP contribution in [0.4, 0.5) is 5.00 Å². The van der Waals surface area contributed by atoms with Gasteiger partial charge in [-0.3, -0.25) is 10.1 Å². The summed E-state index contributed by atoms with van der Waals surface area (Å²) in [5, 5.41) is 13.5. The van der Waals surface area contributed by atoms with Crippen LogP contribution in [-0.4, -0.2) is 32.2 Å². The van der Waals surface area contributed by atoms with Crippen molar-refractivity contribution >= 4 is 26.4 Å². The predicted octanol–water partition coefficient (Wildman–Crippen LogP) is 0.685. The molecule has 0 bridgehead atoms. The molecular weight excluding hydrogens is 278 g/mol. The Morgan fingerprint density at radius 2 is 2.17 bits per heavy atom. The van der Waals surface area contributed by atoms with Crippen molar-refractivity contribution in [3.8, 4) is 0 Å². The highest BCUT2D eigenvalue weighted by Crippen LogP contribution is 2.23. The lowest BCUT2D eigenvalue weighted by atomic mass is 10.4. The van der Waals surface area contributed by atoms with Crippen molar-refractivity contribution in [2.75, 3.05) is 18.8 Å². The monoisotopic (exact) mass is 293 g/mol. The van der Waals surface area contributed by atoms with E-state index in [1.807, 2.05) is 0 Å². The summed E-state index contributed by atoms with van der Waals surface area (Å²) in [5.41, 5.74) is 0. The normalized spacial score (nSPS) is 11.6. The van der Waals surface area contributed by atoms with Gasteiger partial charge in [0.2, 0.25) is 10.0 Å². The highest BCUT2D eigenvalue weighted by atomic mass is 32.2. The van der Waals surface area contributed by atoms with Gasteiger partial charge in [0.15, 0.2) is 0 Å². The number of nitrogens with zero attached hydrogens (tertiary/aromatic N) is 1. The number of nitro groups is 1. The van der Waals surface area contributed by atoms with Gasteiger partial charge in [-0.1, -0.05) is 18.3 Å². The highest BCUT2D eigenvalue weighted by molar-refractivity contribution is 7.89. The summed E-state index contributed by atoms with van der Waals surface area (Å²) >= 11 is 1.08. The maximum absolute atomic E-state index is 11.3. The van der Waals surface area contributed by atoms with Crippen LogP contribution in [0.5, 0.6) is 0 Å². The van der Waals surface area contributed by atoms with Crippen LogP contribution in [0.1, 0.15) is 11.8 Å². The van der Waals surface area contributed by atoms with E-state index in [9.17, 15) is 18.5 Å². The van der Waals surface area contributed by atoms with E-state index in [-0.39, 0.29) is 10.8 Å². The van der Waals surface area contributed by atoms with Crippen molar-refractivity contribution in [2.24, 2.45) is 0 Å². The predicted molar refractivity (Wildman–Crippen MR) is 70.1 cm³/mol. The average Bonchev–Trinajstić information content (AvgIpc) is 2.73. The minimum absolute atomic E-state index is 0.00565. The summed E-state index contributed by atoms with van der Waals surface area (Å²) in [5.74, 6) is -0.00565. The van der Waals surface area contributed by atoms with Crippen molar-refractivity contribution < 1.29 is 13.3 Å². The molecule has 7 nitrogen and oxygen atoms in total. The van der Waals surface area contributed by atoms with Gasteiger partial charge in [-0.2, -0.15) is 0 Å². The lowest BCUT2D eigenvalue weighted by Crippen LogP contribution is -2.31. The van der Waals surface area contributed by atoms with Crippen molar-refractivity contribution in [2.45, 2.75) is 13.5 Å². The van der Waals surface area contributed by atoms with Gasteiger partial charge in [0.05, 0.1) is 10.7 Å². The Kier molecular flexibility index (Phi) is 5.66. The Morgan fingerprint density at radius 3 is 2.72 bits per heavy atom. The Hall–Kier alpha value is -1.03. The number of sulfonamides is 1. The zero-order valence-corrected chi connectivity index (χ0v) is 11.5. The van der Waals surface area contributed by atoms with E-state index < -0.39 is 14.9 Å². The fourth-order valence-corrected chi connectivity index (χ4v) is 3.06. The quantitative estimate of drug-likeness (QED) is 0.417. The molecular formula is C9H15N3O4S2. The second kappa shape index (κ2) is 6.78. The Bertz CT molecular complexity index is 498. The summed E-state index contributed by atoms with van der Waals surface area (Å²) in [6, 6.07) is 3.10. The molecule has 0 aliphatic heterocycles. The smallest absolute Gasteiger partial charge is 0.311 e. The van der Waals surface area contributed by atoms with Gasteiger partial charge in [-0.25, -0.2) is 13.1 Å². The van der Waals surface area contributed by atoms with E-state index in [1.165, 1.54) is 6.07 Å². The SMILES string of the molecule is CCNS(=O)(=O)CCNCc1ccc([N+](=O)[O-])s1. The first kappa shape index (κ1) is 15.0. The number of nitrogens with one attached hydrogen (secondary N) is 2. The van der Waals surface area contributed by atoms with E-state index in [1.54, 1.807) is 13.0 Å². The largest absolute Gasteiger partial charge is 0.324 e. The fraction of sp³-hybridized carbons (Fsp3) is 0.556. The molecule has 1 heterocycles. The molecule has 0 spiro atoms. The van der Waals surface area contributed by atoms with E-state index in [0.29, 0.717) is 19.6 Å². The summed E-state index contributed by atoms with van der Waals surface area (Å²) in [6.07, 6.45) is 0. The Morgan fingerprint density at radius 1 is 1.44 bits per heavy atom. The second-order valence-electron chi connectivity index (χ2n) is 3.49. The zero-order valence-electron chi connectivity index (χ0n) is 9.88. The summed E-state index contributed by atoms with van der Waals surface area (Å²) in [6.45, 7) is 2.83. The number of hydrogen-bond acceptors (Lipinski definition) is 6. The van der Waals surface area contributed by atoms with Crippen LogP contribution >= 0.6 is 11.3 Å². The molecule has 0 aliphatic carbocycles. The van der Waals surface area contributed by atoms with Crippen LogP contribution in [0.2, 0.25) is 0 Å². The van der Waals surface area contributed by atoms with Crippen LogP contribution < -0.4 is 10.0 Å². The third kappa shape index (κ3) is 5.08. The molecule has 0 saturated carbocycles. The van der Waals surface area contributed by atoms with Gasteiger partial charge in [-0.15, -0.1) is 0 Å². The first-order chi connectivity index (χ1) is 8.44. The van der Waals surface area contributed by atoms with Crippen LogP contribution in [0.3, 0.4) is 0 Å². The lowest BCUT2D eigenvalue weighted by molar-refractivity contribution is -0.380. The van der Waals surface area contributed by atoms with E-state index in [0.717, 1.165) is 16.2 Å². The maximum atomic E-state index is 11.3. The molecule has 0 radical (unpaired) electrons. The van der Waals surface area contributed by atoms with Gasteiger partial charge < -0.3 is 5.32 Å². The Labute approximate surface area is 109 Å². The first-order valence-corrected chi connectivity index (χ1v) is 7.82. The molecule has 0 aromatic carbocycles. The molecule has 2 N–H and O–H groups in total. The highest BCUT2D eigenvalue weighted by Gasteiger charge is 2.10. The third-order valence-electron chi connectivity index (χ3n) is 2.04. The molecule has 18 heavy (non-hydrogen) atoms. The van der Waals surface area contributed by atoms with Crippen molar-refractivity contribution in [3.05, 3.63) is 27.1 Å². The molecule has 9 heteroatoms. The number of thiophene rings is 1. The first-order valence-electron chi connectivity index (χ1n) is 5.36. The van der Waals surface area contributed by atoms with Crippen molar-refractivity contribution in [3.63, 3.8) is 0 Å².